The third-order valence-electron chi connectivity index (χ3n) is 9.00. The van der Waals surface area contributed by atoms with Gasteiger partial charge in [-0.2, -0.15) is 0 Å². The van der Waals surface area contributed by atoms with Crippen LogP contribution in [0.5, 0.6) is 0 Å². The van der Waals surface area contributed by atoms with Crippen molar-refractivity contribution in [1.82, 2.24) is 0 Å². The molecule has 0 saturated carbocycles. The summed E-state index contributed by atoms with van der Waals surface area (Å²) in [6.45, 7) is 1.98. The van der Waals surface area contributed by atoms with Gasteiger partial charge in [-0.05, 0) is 89.9 Å². The number of rotatable bonds is 40. The Labute approximate surface area is 351 Å². The molecule has 1 unspecified atom stereocenters. The van der Waals surface area contributed by atoms with E-state index >= 15 is 0 Å². The van der Waals surface area contributed by atoms with Gasteiger partial charge in [0, 0.05) is 12.8 Å². The molecule has 11 nitrogen and oxygen atoms in total. The van der Waals surface area contributed by atoms with Gasteiger partial charge in [0.1, 0.15) is 12.7 Å². The summed E-state index contributed by atoms with van der Waals surface area (Å²) in [5.74, 6) is -1.02. The van der Waals surface area contributed by atoms with E-state index in [0.717, 1.165) is 77.0 Å². The minimum absolute atomic E-state index is 0.147. The topological polar surface area (TPSA) is 169 Å². The smallest absolute Gasteiger partial charge is 0.462 e. The summed E-state index contributed by atoms with van der Waals surface area (Å²) in [5, 5.41) is 27.9. The molecular weight excluding hydrogens is 759 g/mol. The highest BCUT2D eigenvalue weighted by molar-refractivity contribution is 7.47. The standard InChI is InChI=1S/C46H79O11P/c1-3-5-6-7-8-9-10-11-12-13-14-19-22-25-28-31-34-37-46(51)57-44(41-56-58(52,53)55-39-43(49)38-47)40-54-45(50)36-33-30-27-24-21-18-16-15-17-20-23-26-29-32-35-42(48)4-2/h8-9,11-12,16-18,20,24,26-27,29,42-44,47-49H,3-7,10,13-15,19,21-23,25,28,30-41H2,1-2H3,(H,52,53)/b9-8-,12-11-,18-16-,20-17-,27-24-,29-26-/t42-,43-,44+/m0/s1. The molecule has 0 radical (unpaired) electrons. The number of hydrogen-bond donors (Lipinski definition) is 4. The number of esters is 2. The Morgan fingerprint density at radius 3 is 1.57 bits per heavy atom. The van der Waals surface area contributed by atoms with Crippen molar-refractivity contribution in [1.29, 1.82) is 0 Å². The fourth-order valence-corrected chi connectivity index (χ4v) is 6.20. The Morgan fingerprint density at radius 2 is 1.02 bits per heavy atom. The van der Waals surface area contributed by atoms with Crippen LogP contribution in [-0.2, 0) is 32.7 Å². The number of phosphoric acid groups is 1. The van der Waals surface area contributed by atoms with Crippen LogP contribution in [0.15, 0.2) is 72.9 Å². The molecule has 4 N–H and O–H groups in total. The Morgan fingerprint density at radius 1 is 0.552 bits per heavy atom. The van der Waals surface area contributed by atoms with Crippen molar-refractivity contribution in [3.05, 3.63) is 72.9 Å². The van der Waals surface area contributed by atoms with Crippen LogP contribution in [0.4, 0.5) is 0 Å². The molecule has 0 spiro atoms. The summed E-state index contributed by atoms with van der Waals surface area (Å²) in [5.41, 5.74) is 0. The van der Waals surface area contributed by atoms with E-state index in [2.05, 4.69) is 72.2 Å². The Kier molecular flexibility index (Phi) is 39.3. The number of hydrogen-bond acceptors (Lipinski definition) is 10. The molecule has 4 atom stereocenters. The van der Waals surface area contributed by atoms with Gasteiger partial charge >= 0.3 is 19.8 Å². The van der Waals surface area contributed by atoms with E-state index in [1.807, 2.05) is 19.1 Å². The fourth-order valence-electron chi connectivity index (χ4n) is 5.41. The highest BCUT2D eigenvalue weighted by Crippen LogP contribution is 2.43. The minimum Gasteiger partial charge on any atom is -0.462 e. The average molecular weight is 839 g/mol. The number of phosphoric ester groups is 1. The number of unbranched alkanes of at least 4 members (excludes halogenated alkanes) is 11. The Balaban J connectivity index is 4.42. The first-order valence-corrected chi connectivity index (χ1v) is 23.5. The molecular formula is C46H79O11P. The zero-order valence-corrected chi connectivity index (χ0v) is 36.7. The summed E-state index contributed by atoms with van der Waals surface area (Å²) >= 11 is 0. The predicted molar refractivity (Wildman–Crippen MR) is 234 cm³/mol. The molecule has 0 aromatic carbocycles. The van der Waals surface area contributed by atoms with Crippen LogP contribution in [0.1, 0.15) is 162 Å². The molecule has 0 fully saturated rings. The van der Waals surface area contributed by atoms with Gasteiger partial charge in [0.15, 0.2) is 6.10 Å². The summed E-state index contributed by atoms with van der Waals surface area (Å²) < 4.78 is 32.6. The number of carbonyl (C=O) groups excluding carboxylic acids is 2. The van der Waals surface area contributed by atoms with Crippen molar-refractivity contribution < 1.29 is 52.9 Å². The quantitative estimate of drug-likeness (QED) is 0.0200. The SMILES string of the molecule is CCCCC/C=C\C/C=C\CCCCCCCCCC(=O)O[C@H](COC(=O)CCC/C=C\C/C=C\C/C=C\C/C=C\CC[C@@H](O)CC)COP(=O)(O)OC[C@@H](O)CO. The van der Waals surface area contributed by atoms with Crippen LogP contribution < -0.4 is 0 Å². The lowest BCUT2D eigenvalue weighted by Gasteiger charge is -2.20. The van der Waals surface area contributed by atoms with E-state index in [-0.39, 0.29) is 25.6 Å². The lowest BCUT2D eigenvalue weighted by Crippen LogP contribution is -2.29. The van der Waals surface area contributed by atoms with E-state index in [0.29, 0.717) is 19.3 Å². The van der Waals surface area contributed by atoms with Gasteiger partial charge in [-0.25, -0.2) is 4.57 Å². The van der Waals surface area contributed by atoms with E-state index in [1.165, 1.54) is 38.5 Å². The van der Waals surface area contributed by atoms with Crippen molar-refractivity contribution in [2.45, 2.75) is 180 Å². The average Bonchev–Trinajstić information content (AvgIpc) is 3.21. The van der Waals surface area contributed by atoms with Crippen molar-refractivity contribution >= 4 is 19.8 Å². The van der Waals surface area contributed by atoms with Crippen molar-refractivity contribution in [3.63, 3.8) is 0 Å². The second-order valence-electron chi connectivity index (χ2n) is 14.5. The Hall–Kier alpha value is -2.63. The van der Waals surface area contributed by atoms with Crippen molar-refractivity contribution in [3.8, 4) is 0 Å². The van der Waals surface area contributed by atoms with Gasteiger partial charge in [-0.15, -0.1) is 0 Å². The van der Waals surface area contributed by atoms with Gasteiger partial charge in [-0.3, -0.25) is 18.6 Å². The van der Waals surface area contributed by atoms with Gasteiger partial charge in [0.2, 0.25) is 0 Å². The minimum atomic E-state index is -4.64. The largest absolute Gasteiger partial charge is 0.472 e. The van der Waals surface area contributed by atoms with Crippen molar-refractivity contribution in [2.75, 3.05) is 26.4 Å². The maximum absolute atomic E-state index is 12.6. The fraction of sp³-hybridized carbons (Fsp3) is 0.696. The molecule has 0 amide bonds. The van der Waals surface area contributed by atoms with Gasteiger partial charge in [0.25, 0.3) is 0 Å². The monoisotopic (exact) mass is 839 g/mol. The van der Waals surface area contributed by atoms with E-state index < -0.39 is 51.8 Å². The maximum atomic E-state index is 12.6. The molecule has 0 aliphatic carbocycles. The summed E-state index contributed by atoms with van der Waals surface area (Å²) in [4.78, 5) is 35.0. The van der Waals surface area contributed by atoms with E-state index in [9.17, 15) is 29.3 Å². The van der Waals surface area contributed by atoms with Crippen LogP contribution in [0.3, 0.4) is 0 Å². The first-order chi connectivity index (χ1) is 28.1. The van der Waals surface area contributed by atoms with Gasteiger partial charge < -0.3 is 29.7 Å². The first-order valence-electron chi connectivity index (χ1n) is 22.0. The Bertz CT molecular complexity index is 1210. The molecule has 0 saturated heterocycles. The molecule has 0 rings (SSSR count). The molecule has 0 aliphatic heterocycles. The zero-order chi connectivity index (χ0) is 42.8. The number of carbonyl (C=O) groups is 2. The zero-order valence-electron chi connectivity index (χ0n) is 35.8. The van der Waals surface area contributed by atoms with Crippen LogP contribution in [0.2, 0.25) is 0 Å². The molecule has 0 heterocycles. The molecule has 12 heteroatoms. The molecule has 334 valence electrons. The van der Waals surface area contributed by atoms with Gasteiger partial charge in [-0.1, -0.05) is 132 Å². The number of allylic oxidation sites excluding steroid dienone is 12. The van der Waals surface area contributed by atoms with E-state index in [4.69, 9.17) is 19.1 Å². The molecule has 0 bridgehead atoms. The molecule has 0 aromatic heterocycles. The normalized spacial score (nSPS) is 15.1. The van der Waals surface area contributed by atoms with Crippen LogP contribution in [0.25, 0.3) is 0 Å². The molecule has 0 aromatic rings. The second-order valence-corrected chi connectivity index (χ2v) is 16.0. The summed E-state index contributed by atoms with van der Waals surface area (Å²) in [7, 11) is -4.64. The highest BCUT2D eigenvalue weighted by Gasteiger charge is 2.27. The highest BCUT2D eigenvalue weighted by atomic mass is 31.2. The number of ether oxygens (including phenoxy) is 2. The van der Waals surface area contributed by atoms with Crippen molar-refractivity contribution in [2.24, 2.45) is 0 Å². The summed E-state index contributed by atoms with van der Waals surface area (Å²) in [6, 6.07) is 0. The number of aliphatic hydroxyl groups excluding tert-OH is 3. The molecule has 0 aliphatic rings. The third kappa shape index (κ3) is 40.2. The van der Waals surface area contributed by atoms with E-state index in [1.54, 1.807) is 0 Å². The lowest BCUT2D eigenvalue weighted by atomic mass is 10.1. The molecule has 58 heavy (non-hydrogen) atoms. The third-order valence-corrected chi connectivity index (χ3v) is 9.95. The first kappa shape index (κ1) is 55.4. The van der Waals surface area contributed by atoms with Gasteiger partial charge in [0.05, 0.1) is 25.9 Å². The lowest BCUT2D eigenvalue weighted by molar-refractivity contribution is -0.161. The van der Waals surface area contributed by atoms with Crippen LogP contribution in [0, 0.1) is 0 Å². The number of aliphatic hydroxyl groups is 3. The second kappa shape index (κ2) is 41.1. The maximum Gasteiger partial charge on any atom is 0.472 e. The van der Waals surface area contributed by atoms with Crippen LogP contribution in [-0.4, -0.2) is 76.9 Å². The predicted octanol–water partition coefficient (Wildman–Crippen LogP) is 10.6. The summed E-state index contributed by atoms with van der Waals surface area (Å²) in [6.07, 6.45) is 43.8. The van der Waals surface area contributed by atoms with Crippen LogP contribution >= 0.6 is 7.82 Å².